The Hall–Kier alpha value is -6.12. The summed E-state index contributed by atoms with van der Waals surface area (Å²) >= 11 is 0. The van der Waals surface area contributed by atoms with E-state index in [4.69, 9.17) is 4.42 Å². The Morgan fingerprint density at radius 2 is 0.913 bits per heavy atom. The van der Waals surface area contributed by atoms with Crippen molar-refractivity contribution < 1.29 is 4.42 Å². The summed E-state index contributed by atoms with van der Waals surface area (Å²) < 4.78 is 6.23. The average Bonchev–Trinajstić information content (AvgIpc) is 3.50. The molecule has 0 fully saturated rings. The zero-order valence-corrected chi connectivity index (χ0v) is 25.1. The highest BCUT2D eigenvalue weighted by Crippen LogP contribution is 2.45. The van der Waals surface area contributed by atoms with Crippen LogP contribution in [0.4, 0.5) is 17.1 Å². The Labute approximate surface area is 267 Å². The predicted molar refractivity (Wildman–Crippen MR) is 194 cm³/mol. The minimum atomic E-state index is 0.888. The van der Waals surface area contributed by atoms with Crippen molar-refractivity contribution in [2.45, 2.75) is 0 Å². The highest BCUT2D eigenvalue weighted by molar-refractivity contribution is 6.08. The molecule has 0 N–H and O–H groups in total. The van der Waals surface area contributed by atoms with Crippen molar-refractivity contribution >= 4 is 60.5 Å². The smallest absolute Gasteiger partial charge is 0.135 e. The molecule has 0 spiro atoms. The Kier molecular flexibility index (Phi) is 6.17. The fourth-order valence-corrected chi connectivity index (χ4v) is 6.91. The molecule has 46 heavy (non-hydrogen) atoms. The van der Waals surface area contributed by atoms with Crippen LogP contribution in [0.5, 0.6) is 0 Å². The van der Waals surface area contributed by atoms with Gasteiger partial charge >= 0.3 is 0 Å². The van der Waals surface area contributed by atoms with Crippen LogP contribution in [0, 0.1) is 0 Å². The van der Waals surface area contributed by atoms with Crippen molar-refractivity contribution in [2.75, 3.05) is 4.90 Å². The second-order valence-corrected chi connectivity index (χ2v) is 11.7. The molecule has 0 amide bonds. The fraction of sp³-hybridized carbons (Fsp3) is 0. The van der Waals surface area contributed by atoms with Crippen LogP contribution in [0.15, 0.2) is 180 Å². The number of furan rings is 1. The molecule has 0 radical (unpaired) electrons. The zero-order valence-electron chi connectivity index (χ0n) is 25.1. The van der Waals surface area contributed by atoms with Gasteiger partial charge in [-0.25, -0.2) is 0 Å². The van der Waals surface area contributed by atoms with Gasteiger partial charge in [0.25, 0.3) is 0 Å². The van der Waals surface area contributed by atoms with Crippen LogP contribution in [-0.2, 0) is 0 Å². The van der Waals surface area contributed by atoms with E-state index in [0.717, 1.165) is 44.6 Å². The van der Waals surface area contributed by atoms with Crippen molar-refractivity contribution in [3.8, 4) is 22.3 Å². The largest absolute Gasteiger partial charge is 0.456 e. The number of hydrogen-bond acceptors (Lipinski definition) is 2. The molecule has 9 rings (SSSR count). The quantitative estimate of drug-likeness (QED) is 0.199. The normalized spacial score (nSPS) is 11.5. The lowest BCUT2D eigenvalue weighted by molar-refractivity contribution is 0.669. The second kappa shape index (κ2) is 10.8. The maximum Gasteiger partial charge on any atom is 0.135 e. The van der Waals surface area contributed by atoms with Gasteiger partial charge in [0.1, 0.15) is 11.2 Å². The molecule has 8 aromatic carbocycles. The van der Waals surface area contributed by atoms with E-state index in [1.54, 1.807) is 0 Å². The molecule has 216 valence electrons. The third kappa shape index (κ3) is 4.35. The third-order valence-electron chi connectivity index (χ3n) is 9.05. The number of anilines is 3. The zero-order chi connectivity index (χ0) is 30.5. The van der Waals surface area contributed by atoms with Crippen molar-refractivity contribution in [3.05, 3.63) is 176 Å². The number of hydrogen-bond donors (Lipinski definition) is 0. The SMILES string of the molecule is c1cc(-c2ccccc2N(c2ccc3oc4ccccc4c3c2)c2cccc3ccccc23)cc(-c2cccc3ccccc23)c1. The van der Waals surface area contributed by atoms with Crippen LogP contribution in [0.25, 0.3) is 65.7 Å². The van der Waals surface area contributed by atoms with Gasteiger partial charge in [-0.2, -0.15) is 0 Å². The maximum absolute atomic E-state index is 6.23. The summed E-state index contributed by atoms with van der Waals surface area (Å²) in [5, 5.41) is 7.13. The molecule has 0 saturated carbocycles. The molecular formula is C44H29NO. The summed E-state index contributed by atoms with van der Waals surface area (Å²) in [5.41, 5.74) is 9.87. The number of benzene rings is 8. The summed E-state index contributed by atoms with van der Waals surface area (Å²) in [6, 6.07) is 62.9. The lowest BCUT2D eigenvalue weighted by Crippen LogP contribution is -2.11. The molecule has 1 heterocycles. The van der Waals surface area contributed by atoms with E-state index < -0.39 is 0 Å². The first kappa shape index (κ1) is 26.3. The lowest BCUT2D eigenvalue weighted by atomic mass is 9.94. The summed E-state index contributed by atoms with van der Waals surface area (Å²) in [7, 11) is 0. The average molecular weight is 588 g/mol. The van der Waals surface area contributed by atoms with Gasteiger partial charge in [-0.15, -0.1) is 0 Å². The van der Waals surface area contributed by atoms with Gasteiger partial charge in [0.15, 0.2) is 0 Å². The molecule has 0 aliphatic heterocycles. The highest BCUT2D eigenvalue weighted by atomic mass is 16.3. The molecule has 0 bridgehead atoms. The van der Waals surface area contributed by atoms with Gasteiger partial charge in [-0.1, -0.05) is 133 Å². The lowest BCUT2D eigenvalue weighted by Gasteiger charge is -2.29. The van der Waals surface area contributed by atoms with Crippen LogP contribution in [0.1, 0.15) is 0 Å². The van der Waals surface area contributed by atoms with Crippen LogP contribution >= 0.6 is 0 Å². The molecule has 0 saturated heterocycles. The minimum absolute atomic E-state index is 0.888. The Balaban J connectivity index is 1.28. The van der Waals surface area contributed by atoms with Gasteiger partial charge in [-0.05, 0) is 75.3 Å². The monoisotopic (exact) mass is 587 g/mol. The molecule has 2 heteroatoms. The highest BCUT2D eigenvalue weighted by Gasteiger charge is 2.20. The summed E-state index contributed by atoms with van der Waals surface area (Å²) in [6.45, 7) is 0. The van der Waals surface area contributed by atoms with Crippen LogP contribution < -0.4 is 4.90 Å². The van der Waals surface area contributed by atoms with Crippen LogP contribution in [0.2, 0.25) is 0 Å². The molecular weight excluding hydrogens is 558 g/mol. The first-order valence-corrected chi connectivity index (χ1v) is 15.7. The van der Waals surface area contributed by atoms with E-state index in [9.17, 15) is 0 Å². The third-order valence-corrected chi connectivity index (χ3v) is 9.05. The number of rotatable bonds is 5. The van der Waals surface area contributed by atoms with Gasteiger partial charge in [0.05, 0.1) is 11.4 Å². The van der Waals surface area contributed by atoms with Crippen molar-refractivity contribution in [3.63, 3.8) is 0 Å². The molecule has 0 atom stereocenters. The molecule has 2 nitrogen and oxygen atoms in total. The Bertz CT molecular complexity index is 2550. The van der Waals surface area contributed by atoms with Crippen LogP contribution in [0.3, 0.4) is 0 Å². The second-order valence-electron chi connectivity index (χ2n) is 11.7. The van der Waals surface area contributed by atoms with Crippen LogP contribution in [-0.4, -0.2) is 0 Å². The summed E-state index contributed by atoms with van der Waals surface area (Å²) in [5.74, 6) is 0. The molecule has 0 unspecified atom stereocenters. The van der Waals surface area contributed by atoms with Crippen molar-refractivity contribution in [1.29, 1.82) is 0 Å². The van der Waals surface area contributed by atoms with Gasteiger partial charge < -0.3 is 9.32 Å². The first-order valence-electron chi connectivity index (χ1n) is 15.7. The maximum atomic E-state index is 6.23. The Morgan fingerprint density at radius 1 is 0.348 bits per heavy atom. The van der Waals surface area contributed by atoms with Gasteiger partial charge in [0, 0.05) is 27.4 Å². The van der Waals surface area contributed by atoms with Gasteiger partial charge in [-0.3, -0.25) is 0 Å². The van der Waals surface area contributed by atoms with E-state index in [0.29, 0.717) is 0 Å². The molecule has 1 aromatic heterocycles. The molecule has 0 aliphatic carbocycles. The molecule has 9 aromatic rings. The van der Waals surface area contributed by atoms with E-state index >= 15 is 0 Å². The standard InChI is InChI=1S/C44H29NO/c1-3-18-35-30(12-1)14-10-22-36(35)32-16-9-17-33(28-32)38-20-5-7-23-41(38)45(42-24-11-15-31-13-2-4-19-37(31)42)34-26-27-44-40(29-34)39-21-6-8-25-43(39)46-44/h1-29H. The summed E-state index contributed by atoms with van der Waals surface area (Å²) in [6.07, 6.45) is 0. The topological polar surface area (TPSA) is 16.4 Å². The van der Waals surface area contributed by atoms with E-state index in [1.165, 1.54) is 38.2 Å². The summed E-state index contributed by atoms with van der Waals surface area (Å²) in [4.78, 5) is 2.41. The van der Waals surface area contributed by atoms with E-state index in [1.807, 2.05) is 12.1 Å². The minimum Gasteiger partial charge on any atom is -0.456 e. The predicted octanol–water partition coefficient (Wildman–Crippen LogP) is 12.7. The van der Waals surface area contributed by atoms with Crippen molar-refractivity contribution in [1.82, 2.24) is 0 Å². The van der Waals surface area contributed by atoms with Gasteiger partial charge in [0.2, 0.25) is 0 Å². The number of nitrogens with zero attached hydrogens (tertiary/aromatic N) is 1. The van der Waals surface area contributed by atoms with E-state index in [-0.39, 0.29) is 0 Å². The molecule has 0 aliphatic rings. The number of fused-ring (bicyclic) bond motifs is 5. The van der Waals surface area contributed by atoms with Crippen molar-refractivity contribution in [2.24, 2.45) is 0 Å². The number of para-hydroxylation sites is 2. The fourth-order valence-electron chi connectivity index (χ4n) is 6.91. The Morgan fingerprint density at radius 3 is 1.78 bits per heavy atom. The van der Waals surface area contributed by atoms with E-state index in [2.05, 4.69) is 169 Å². The first-order chi connectivity index (χ1) is 22.8.